The highest BCUT2D eigenvalue weighted by molar-refractivity contribution is 14.1. The number of hydrogen-bond donors (Lipinski definition) is 2. The summed E-state index contributed by atoms with van der Waals surface area (Å²) in [6.07, 6.45) is -0.447. The van der Waals surface area contributed by atoms with E-state index >= 15 is 0 Å². The van der Waals surface area contributed by atoms with Crippen molar-refractivity contribution < 1.29 is 9.90 Å². The van der Waals surface area contributed by atoms with Crippen LogP contribution in [0.1, 0.15) is 6.92 Å². The molecule has 0 rings (SSSR count). The van der Waals surface area contributed by atoms with E-state index in [0.717, 1.165) is 0 Å². The van der Waals surface area contributed by atoms with E-state index in [4.69, 9.17) is 5.11 Å². The maximum absolute atomic E-state index is 10.5. The highest BCUT2D eigenvalue weighted by Gasteiger charge is 1.98. The number of amides is 1. The van der Waals surface area contributed by atoms with E-state index in [1.807, 2.05) is 22.6 Å². The van der Waals surface area contributed by atoms with Crippen LogP contribution in [0.2, 0.25) is 0 Å². The second-order valence-electron chi connectivity index (χ2n) is 1.79. The van der Waals surface area contributed by atoms with Crippen LogP contribution in [0.25, 0.3) is 0 Å². The molecular formula is C5H10INO2. The summed E-state index contributed by atoms with van der Waals surface area (Å²) >= 11 is 1.97. The van der Waals surface area contributed by atoms with Gasteiger partial charge in [-0.25, -0.2) is 0 Å². The van der Waals surface area contributed by atoms with Crippen LogP contribution in [0.15, 0.2) is 0 Å². The van der Waals surface area contributed by atoms with E-state index in [9.17, 15) is 4.79 Å². The maximum atomic E-state index is 10.5. The number of aliphatic hydroxyl groups is 1. The summed E-state index contributed by atoms with van der Waals surface area (Å²) in [5.74, 6) is -0.0310. The summed E-state index contributed by atoms with van der Waals surface area (Å²) in [5, 5.41) is 11.2. The van der Waals surface area contributed by atoms with E-state index in [0.29, 0.717) is 11.0 Å². The Labute approximate surface area is 68.0 Å². The van der Waals surface area contributed by atoms with E-state index in [1.165, 1.54) is 0 Å². The third-order valence-corrected chi connectivity index (χ3v) is 1.41. The van der Waals surface area contributed by atoms with Gasteiger partial charge in [0.25, 0.3) is 0 Å². The molecule has 3 nitrogen and oxygen atoms in total. The third-order valence-electron chi connectivity index (χ3n) is 0.716. The molecule has 9 heavy (non-hydrogen) atoms. The number of aliphatic hydroxyl groups excluding tert-OH is 1. The van der Waals surface area contributed by atoms with E-state index < -0.39 is 6.10 Å². The van der Waals surface area contributed by atoms with Crippen LogP contribution in [-0.2, 0) is 4.79 Å². The van der Waals surface area contributed by atoms with Crippen molar-refractivity contribution in [2.24, 2.45) is 0 Å². The fourth-order valence-electron chi connectivity index (χ4n) is 0.309. The molecule has 0 bridgehead atoms. The number of halogens is 1. The minimum Gasteiger partial charge on any atom is -0.392 e. The highest BCUT2D eigenvalue weighted by Crippen LogP contribution is 1.80. The van der Waals surface area contributed by atoms with Crippen molar-refractivity contribution in [3.63, 3.8) is 0 Å². The third kappa shape index (κ3) is 6.04. The van der Waals surface area contributed by atoms with Gasteiger partial charge in [0.2, 0.25) is 5.91 Å². The first-order chi connectivity index (χ1) is 4.16. The topological polar surface area (TPSA) is 49.3 Å². The Hall–Kier alpha value is 0.160. The van der Waals surface area contributed by atoms with Gasteiger partial charge in [-0.05, 0) is 6.92 Å². The average Bonchev–Trinajstić information content (AvgIpc) is 1.83. The zero-order chi connectivity index (χ0) is 7.28. The van der Waals surface area contributed by atoms with Crippen LogP contribution in [0.3, 0.4) is 0 Å². The van der Waals surface area contributed by atoms with Crippen LogP contribution < -0.4 is 5.32 Å². The molecule has 0 spiro atoms. The standard InChI is InChI=1S/C5H10INO2/c1-4(8)3-7-5(9)2-6/h4,8H,2-3H2,1H3,(H,7,9)/t4-/m1/s1. The van der Waals surface area contributed by atoms with Gasteiger partial charge >= 0.3 is 0 Å². The number of rotatable bonds is 3. The lowest BCUT2D eigenvalue weighted by molar-refractivity contribution is -0.118. The summed E-state index contributed by atoms with van der Waals surface area (Å²) in [6.45, 7) is 1.98. The van der Waals surface area contributed by atoms with Crippen molar-refractivity contribution in [1.29, 1.82) is 0 Å². The van der Waals surface area contributed by atoms with Crippen molar-refractivity contribution in [2.45, 2.75) is 13.0 Å². The SMILES string of the molecule is C[C@@H](O)CNC(=O)CI. The number of carbonyl (C=O) groups excluding carboxylic acids is 1. The van der Waals surface area contributed by atoms with Crippen LogP contribution in [0.4, 0.5) is 0 Å². The second-order valence-corrected chi connectivity index (χ2v) is 2.55. The molecule has 0 aromatic carbocycles. The Morgan fingerprint density at radius 3 is 2.78 bits per heavy atom. The summed E-state index contributed by atoms with van der Waals surface area (Å²) < 4.78 is 0.449. The van der Waals surface area contributed by atoms with Crippen molar-refractivity contribution in [2.75, 3.05) is 11.0 Å². The van der Waals surface area contributed by atoms with E-state index in [1.54, 1.807) is 6.92 Å². The van der Waals surface area contributed by atoms with Crippen LogP contribution in [0, 0.1) is 0 Å². The van der Waals surface area contributed by atoms with E-state index in [-0.39, 0.29) is 5.91 Å². The quantitative estimate of drug-likeness (QED) is 0.538. The Bertz CT molecular complexity index is 95.0. The van der Waals surface area contributed by atoms with Crippen molar-refractivity contribution in [1.82, 2.24) is 5.32 Å². The lowest BCUT2D eigenvalue weighted by atomic mass is 10.4. The molecule has 54 valence electrons. The van der Waals surface area contributed by atoms with Gasteiger partial charge in [0.1, 0.15) is 0 Å². The molecule has 4 heteroatoms. The van der Waals surface area contributed by atoms with E-state index in [2.05, 4.69) is 5.32 Å². The molecule has 0 saturated carbocycles. The van der Waals surface area contributed by atoms with Crippen LogP contribution >= 0.6 is 22.6 Å². The van der Waals surface area contributed by atoms with Crippen molar-refractivity contribution in [3.8, 4) is 0 Å². The molecule has 0 radical (unpaired) electrons. The van der Waals surface area contributed by atoms with Gasteiger partial charge in [-0.1, -0.05) is 22.6 Å². The van der Waals surface area contributed by atoms with Crippen LogP contribution in [0.5, 0.6) is 0 Å². The molecule has 2 N–H and O–H groups in total. The van der Waals surface area contributed by atoms with Gasteiger partial charge in [-0.15, -0.1) is 0 Å². The molecule has 1 amide bonds. The minimum atomic E-state index is -0.447. The summed E-state index contributed by atoms with van der Waals surface area (Å²) in [5.41, 5.74) is 0. The van der Waals surface area contributed by atoms with Gasteiger partial charge in [0, 0.05) is 6.54 Å². The van der Waals surface area contributed by atoms with Crippen molar-refractivity contribution in [3.05, 3.63) is 0 Å². The molecule has 0 fully saturated rings. The Balaban J connectivity index is 3.17. The number of nitrogens with one attached hydrogen (secondary N) is 1. The van der Waals surface area contributed by atoms with Crippen molar-refractivity contribution >= 4 is 28.5 Å². The van der Waals surface area contributed by atoms with Gasteiger partial charge in [0.15, 0.2) is 0 Å². The highest BCUT2D eigenvalue weighted by atomic mass is 127. The second kappa shape index (κ2) is 4.99. The molecular weight excluding hydrogens is 233 g/mol. The fourth-order valence-corrected chi connectivity index (χ4v) is 0.578. The molecule has 0 aliphatic rings. The summed E-state index contributed by atoms with van der Waals surface area (Å²) in [4.78, 5) is 10.5. The molecule has 0 unspecified atom stereocenters. The first kappa shape index (κ1) is 9.16. The molecule has 0 heterocycles. The molecule has 0 aliphatic carbocycles. The van der Waals surface area contributed by atoms with Crippen LogP contribution in [-0.4, -0.2) is 28.1 Å². The smallest absolute Gasteiger partial charge is 0.229 e. The number of carbonyl (C=O) groups is 1. The summed E-state index contributed by atoms with van der Waals surface area (Å²) in [7, 11) is 0. The lowest BCUT2D eigenvalue weighted by Crippen LogP contribution is -2.31. The lowest BCUT2D eigenvalue weighted by Gasteiger charge is -2.03. The maximum Gasteiger partial charge on any atom is 0.229 e. The Kier molecular flexibility index (Phi) is 5.07. The van der Waals surface area contributed by atoms with Gasteiger partial charge in [-0.3, -0.25) is 4.79 Å². The average molecular weight is 243 g/mol. The predicted molar refractivity (Wildman–Crippen MR) is 43.6 cm³/mol. The molecule has 0 aromatic rings. The zero-order valence-electron chi connectivity index (χ0n) is 5.22. The molecule has 0 saturated heterocycles. The Morgan fingerprint density at radius 2 is 2.44 bits per heavy atom. The normalized spacial score (nSPS) is 12.8. The number of alkyl halides is 1. The molecule has 0 aliphatic heterocycles. The monoisotopic (exact) mass is 243 g/mol. The van der Waals surface area contributed by atoms with Gasteiger partial charge in [0.05, 0.1) is 10.5 Å². The number of hydrogen-bond acceptors (Lipinski definition) is 2. The minimum absolute atomic E-state index is 0.0310. The predicted octanol–water partition coefficient (Wildman–Crippen LogP) is -0.0816. The van der Waals surface area contributed by atoms with Gasteiger partial charge in [-0.2, -0.15) is 0 Å². The Morgan fingerprint density at radius 1 is 1.89 bits per heavy atom. The molecule has 0 aromatic heterocycles. The fraction of sp³-hybridized carbons (Fsp3) is 0.800. The first-order valence-electron chi connectivity index (χ1n) is 2.67. The molecule has 1 atom stereocenters. The first-order valence-corrected chi connectivity index (χ1v) is 4.20. The largest absolute Gasteiger partial charge is 0.392 e. The summed E-state index contributed by atoms with van der Waals surface area (Å²) in [6, 6.07) is 0. The van der Waals surface area contributed by atoms with Gasteiger partial charge < -0.3 is 10.4 Å². The zero-order valence-corrected chi connectivity index (χ0v) is 7.38.